The van der Waals surface area contributed by atoms with Crippen LogP contribution in [0.4, 0.5) is 11.4 Å². The van der Waals surface area contributed by atoms with E-state index in [1.807, 2.05) is 41.3 Å². The first kappa shape index (κ1) is 14.8. The molecule has 0 fully saturated rings. The van der Waals surface area contributed by atoms with E-state index in [0.29, 0.717) is 24.0 Å². The van der Waals surface area contributed by atoms with Crippen LogP contribution in [-0.2, 0) is 0 Å². The number of ether oxygens (including phenoxy) is 2. The molecule has 0 amide bonds. The molecule has 0 saturated carbocycles. The highest BCUT2D eigenvalue weighted by Gasteiger charge is 2.23. The van der Waals surface area contributed by atoms with E-state index in [-0.39, 0.29) is 0 Å². The van der Waals surface area contributed by atoms with Crippen molar-refractivity contribution < 1.29 is 9.47 Å². The number of anilines is 2. The summed E-state index contributed by atoms with van der Waals surface area (Å²) < 4.78 is 10.7. The Morgan fingerprint density at radius 2 is 1.91 bits per heavy atom. The zero-order valence-corrected chi connectivity index (χ0v) is 13.0. The van der Waals surface area contributed by atoms with Gasteiger partial charge in [-0.2, -0.15) is 0 Å². The van der Waals surface area contributed by atoms with Gasteiger partial charge in [-0.25, -0.2) is 4.99 Å². The van der Waals surface area contributed by atoms with Crippen LogP contribution in [0.5, 0.6) is 11.5 Å². The van der Waals surface area contributed by atoms with Gasteiger partial charge in [0.2, 0.25) is 0 Å². The lowest BCUT2D eigenvalue weighted by atomic mass is 10.1. The number of nitrogens with zero attached hydrogens (tertiary/aromatic N) is 2. The number of hydrogen-bond donors (Lipinski definition) is 1. The molecule has 0 spiro atoms. The van der Waals surface area contributed by atoms with E-state index in [1.54, 1.807) is 14.2 Å². The van der Waals surface area contributed by atoms with Crippen LogP contribution in [0.2, 0.25) is 0 Å². The molecule has 0 unspecified atom stereocenters. The van der Waals surface area contributed by atoms with Crippen LogP contribution < -0.4 is 20.1 Å². The van der Waals surface area contributed by atoms with Gasteiger partial charge >= 0.3 is 0 Å². The van der Waals surface area contributed by atoms with Gasteiger partial charge in [-0.1, -0.05) is 12.0 Å². The third-order valence-corrected chi connectivity index (χ3v) is 3.78. The van der Waals surface area contributed by atoms with Crippen LogP contribution in [-0.4, -0.2) is 26.7 Å². The van der Waals surface area contributed by atoms with E-state index in [4.69, 9.17) is 21.6 Å². The maximum atomic E-state index is 6.05. The quantitative estimate of drug-likeness (QED) is 0.885. The second-order valence-electron chi connectivity index (χ2n) is 5.03. The molecule has 0 atom stereocenters. The van der Waals surface area contributed by atoms with Gasteiger partial charge in [-0.3, -0.25) is 0 Å². The minimum atomic E-state index is 0.419. The standard InChI is InChI=1S/C18H17N3O2/c1-4-12-6-5-7-13(8-12)21-11-20-18(19)14-9-16(22-2)17(23-3)10-15(14)21/h1,5-10H,11H2,2-3H3,(H2,19,20). The van der Waals surface area contributed by atoms with Crippen LogP contribution >= 0.6 is 0 Å². The highest BCUT2D eigenvalue weighted by atomic mass is 16.5. The molecule has 1 aliphatic rings. The largest absolute Gasteiger partial charge is 0.493 e. The number of aliphatic imine (C=N–C) groups is 1. The molecule has 116 valence electrons. The lowest BCUT2D eigenvalue weighted by Gasteiger charge is -2.30. The van der Waals surface area contributed by atoms with E-state index in [9.17, 15) is 0 Å². The average molecular weight is 307 g/mol. The Morgan fingerprint density at radius 1 is 1.17 bits per heavy atom. The van der Waals surface area contributed by atoms with E-state index < -0.39 is 0 Å². The summed E-state index contributed by atoms with van der Waals surface area (Å²) in [6.45, 7) is 0.419. The normalized spacial score (nSPS) is 12.9. The lowest BCUT2D eigenvalue weighted by molar-refractivity contribution is 0.355. The van der Waals surface area contributed by atoms with Crippen molar-refractivity contribution >= 4 is 17.2 Å². The molecule has 5 nitrogen and oxygen atoms in total. The number of methoxy groups -OCH3 is 2. The Hall–Kier alpha value is -3.13. The topological polar surface area (TPSA) is 60.1 Å². The Labute approximate surface area is 135 Å². The fraction of sp³-hybridized carbons (Fsp3) is 0.167. The summed E-state index contributed by atoms with van der Waals surface area (Å²) in [5.41, 5.74) is 9.53. The summed E-state index contributed by atoms with van der Waals surface area (Å²) in [7, 11) is 3.20. The van der Waals surface area contributed by atoms with Crippen LogP contribution in [0.25, 0.3) is 0 Å². The number of nitrogens with two attached hydrogens (primary N) is 1. The highest BCUT2D eigenvalue weighted by Crippen LogP contribution is 2.39. The predicted octanol–water partition coefficient (Wildman–Crippen LogP) is 2.50. The van der Waals surface area contributed by atoms with Crippen molar-refractivity contribution in [1.29, 1.82) is 0 Å². The predicted molar refractivity (Wildman–Crippen MR) is 91.7 cm³/mol. The third kappa shape index (κ3) is 2.55. The average Bonchev–Trinajstić information content (AvgIpc) is 2.61. The van der Waals surface area contributed by atoms with Gasteiger partial charge in [0.05, 0.1) is 19.9 Å². The molecular weight excluding hydrogens is 290 g/mol. The zero-order chi connectivity index (χ0) is 16.4. The SMILES string of the molecule is C#Cc1cccc(N2CN=C(N)c3cc(OC)c(OC)cc32)c1. The molecule has 0 saturated heterocycles. The minimum absolute atomic E-state index is 0.419. The van der Waals surface area contributed by atoms with Crippen molar-refractivity contribution in [2.45, 2.75) is 0 Å². The zero-order valence-electron chi connectivity index (χ0n) is 13.0. The van der Waals surface area contributed by atoms with Gasteiger partial charge in [0.15, 0.2) is 11.5 Å². The molecule has 5 heteroatoms. The summed E-state index contributed by atoms with van der Waals surface area (Å²) in [6.07, 6.45) is 5.50. The molecule has 2 aromatic rings. The number of hydrogen-bond acceptors (Lipinski definition) is 5. The Morgan fingerprint density at radius 3 is 2.61 bits per heavy atom. The van der Waals surface area contributed by atoms with Crippen LogP contribution in [0.1, 0.15) is 11.1 Å². The van der Waals surface area contributed by atoms with Crippen molar-refractivity contribution in [2.24, 2.45) is 10.7 Å². The highest BCUT2D eigenvalue weighted by molar-refractivity contribution is 6.05. The second-order valence-corrected chi connectivity index (χ2v) is 5.03. The van der Waals surface area contributed by atoms with Crippen molar-refractivity contribution in [2.75, 3.05) is 25.8 Å². The van der Waals surface area contributed by atoms with E-state index in [2.05, 4.69) is 10.9 Å². The first-order chi connectivity index (χ1) is 11.2. The van der Waals surface area contributed by atoms with Gasteiger partial charge < -0.3 is 20.1 Å². The van der Waals surface area contributed by atoms with E-state index >= 15 is 0 Å². The monoisotopic (exact) mass is 307 g/mol. The molecule has 1 heterocycles. The lowest BCUT2D eigenvalue weighted by Crippen LogP contribution is -2.29. The first-order valence-electron chi connectivity index (χ1n) is 7.08. The van der Waals surface area contributed by atoms with Gasteiger partial charge in [-0.05, 0) is 24.3 Å². The Balaban J connectivity index is 2.15. The Bertz CT molecular complexity index is 822. The molecule has 3 rings (SSSR count). The molecule has 2 N–H and O–H groups in total. The molecule has 0 aromatic heterocycles. The molecule has 2 aromatic carbocycles. The maximum Gasteiger partial charge on any atom is 0.162 e. The molecular formula is C18H17N3O2. The number of amidine groups is 1. The smallest absolute Gasteiger partial charge is 0.162 e. The first-order valence-corrected chi connectivity index (χ1v) is 7.08. The summed E-state index contributed by atoms with van der Waals surface area (Å²) in [5, 5.41) is 0. The molecule has 23 heavy (non-hydrogen) atoms. The molecule has 0 aliphatic carbocycles. The number of rotatable bonds is 3. The maximum absolute atomic E-state index is 6.05. The molecule has 1 aliphatic heterocycles. The molecule has 0 radical (unpaired) electrons. The Kier molecular flexibility index (Phi) is 3.82. The van der Waals surface area contributed by atoms with Crippen LogP contribution in [0, 0.1) is 12.3 Å². The van der Waals surface area contributed by atoms with Crippen molar-refractivity contribution in [3.63, 3.8) is 0 Å². The number of terminal acetylenes is 1. The fourth-order valence-electron chi connectivity index (χ4n) is 2.59. The number of benzene rings is 2. The van der Waals surface area contributed by atoms with Crippen molar-refractivity contribution in [3.8, 4) is 23.8 Å². The van der Waals surface area contributed by atoms with Gasteiger partial charge in [-0.15, -0.1) is 6.42 Å². The second kappa shape index (κ2) is 5.93. The third-order valence-electron chi connectivity index (χ3n) is 3.78. The van der Waals surface area contributed by atoms with Gasteiger partial charge in [0.1, 0.15) is 12.5 Å². The summed E-state index contributed by atoms with van der Waals surface area (Å²) >= 11 is 0. The van der Waals surface area contributed by atoms with Crippen LogP contribution in [0.15, 0.2) is 41.4 Å². The van der Waals surface area contributed by atoms with Crippen LogP contribution in [0.3, 0.4) is 0 Å². The summed E-state index contributed by atoms with van der Waals surface area (Å²) in [5.74, 6) is 4.38. The van der Waals surface area contributed by atoms with E-state index in [0.717, 1.165) is 22.5 Å². The molecule has 0 bridgehead atoms. The van der Waals surface area contributed by atoms with Gasteiger partial charge in [0, 0.05) is 22.9 Å². The summed E-state index contributed by atoms with van der Waals surface area (Å²) in [4.78, 5) is 6.42. The van der Waals surface area contributed by atoms with Crippen molar-refractivity contribution in [3.05, 3.63) is 47.5 Å². The number of fused-ring (bicyclic) bond motifs is 1. The van der Waals surface area contributed by atoms with Crippen molar-refractivity contribution in [1.82, 2.24) is 0 Å². The minimum Gasteiger partial charge on any atom is -0.493 e. The van der Waals surface area contributed by atoms with Gasteiger partial charge in [0.25, 0.3) is 0 Å². The van der Waals surface area contributed by atoms with E-state index in [1.165, 1.54) is 0 Å². The summed E-state index contributed by atoms with van der Waals surface area (Å²) in [6, 6.07) is 11.5. The fourth-order valence-corrected chi connectivity index (χ4v) is 2.59.